The Kier molecular flexibility index (Phi) is 2.78. The minimum Gasteiger partial charge on any atom is -0.480 e. The van der Waals surface area contributed by atoms with Gasteiger partial charge in [-0.25, -0.2) is 4.79 Å². The highest BCUT2D eigenvalue weighted by Gasteiger charge is 2.45. The number of piperidine rings is 1. The molecule has 1 saturated heterocycles. The molecule has 1 aliphatic rings. The Labute approximate surface area is 97.0 Å². The Morgan fingerprint density at radius 3 is 2.82 bits per heavy atom. The van der Waals surface area contributed by atoms with Gasteiger partial charge in [0.05, 0.1) is 0 Å². The number of carbonyl (C=O) groups is 2. The fourth-order valence-electron chi connectivity index (χ4n) is 2.04. The first-order chi connectivity index (χ1) is 8.05. The smallest absolute Gasteiger partial charge is 0.329 e. The van der Waals surface area contributed by atoms with E-state index in [9.17, 15) is 14.7 Å². The topological polar surface area (TPSA) is 112 Å². The zero-order valence-electron chi connectivity index (χ0n) is 9.38. The zero-order valence-corrected chi connectivity index (χ0v) is 9.38. The maximum absolute atomic E-state index is 12.1. The maximum atomic E-state index is 12.1. The molecule has 0 aliphatic carbocycles. The molecule has 1 aliphatic heterocycles. The van der Waals surface area contributed by atoms with Crippen molar-refractivity contribution in [1.82, 2.24) is 25.5 Å². The normalized spacial score (nSPS) is 24.6. The van der Waals surface area contributed by atoms with Gasteiger partial charge in [0.1, 0.15) is 5.54 Å². The van der Waals surface area contributed by atoms with E-state index in [1.807, 2.05) is 0 Å². The van der Waals surface area contributed by atoms with Crippen LogP contribution >= 0.6 is 0 Å². The van der Waals surface area contributed by atoms with E-state index in [2.05, 4.69) is 20.6 Å². The van der Waals surface area contributed by atoms with Crippen molar-refractivity contribution < 1.29 is 14.7 Å². The largest absolute Gasteiger partial charge is 0.480 e. The van der Waals surface area contributed by atoms with Crippen LogP contribution in [0.15, 0.2) is 0 Å². The highest BCUT2D eigenvalue weighted by atomic mass is 16.4. The van der Waals surface area contributed by atoms with Crippen LogP contribution in [0.1, 0.15) is 36.8 Å². The lowest BCUT2D eigenvalue weighted by Crippen LogP contribution is -2.57. The van der Waals surface area contributed by atoms with Gasteiger partial charge in [-0.05, 0) is 31.4 Å². The fourth-order valence-corrected chi connectivity index (χ4v) is 2.04. The number of tetrazole rings is 1. The van der Waals surface area contributed by atoms with Gasteiger partial charge in [0, 0.05) is 6.54 Å². The third kappa shape index (κ3) is 1.85. The number of rotatable bonds is 2. The summed E-state index contributed by atoms with van der Waals surface area (Å²) in [4.78, 5) is 24.7. The van der Waals surface area contributed by atoms with Crippen molar-refractivity contribution in [3.05, 3.63) is 5.82 Å². The summed E-state index contributed by atoms with van der Waals surface area (Å²) in [5.74, 6) is -1.60. The quantitative estimate of drug-likeness (QED) is 0.730. The van der Waals surface area contributed by atoms with E-state index in [0.29, 0.717) is 13.0 Å². The van der Waals surface area contributed by atoms with E-state index in [4.69, 9.17) is 0 Å². The summed E-state index contributed by atoms with van der Waals surface area (Å²) in [5, 5.41) is 21.9. The highest BCUT2D eigenvalue weighted by molar-refractivity contribution is 5.94. The van der Waals surface area contributed by atoms with Crippen LogP contribution in [0, 0.1) is 0 Å². The first-order valence-electron chi connectivity index (χ1n) is 5.34. The summed E-state index contributed by atoms with van der Waals surface area (Å²) in [7, 11) is 0. The first kappa shape index (κ1) is 11.5. The maximum Gasteiger partial charge on any atom is 0.329 e. The SMILES string of the molecule is CC1(C(=O)O)CCCCN1C(=O)c1nn[nH]n1. The Hall–Kier alpha value is -1.99. The third-order valence-corrected chi connectivity index (χ3v) is 3.13. The van der Waals surface area contributed by atoms with Crippen molar-refractivity contribution >= 4 is 11.9 Å². The van der Waals surface area contributed by atoms with Crippen molar-refractivity contribution in [2.45, 2.75) is 31.7 Å². The Morgan fingerprint density at radius 1 is 1.47 bits per heavy atom. The molecule has 1 amide bonds. The van der Waals surface area contributed by atoms with Crippen LogP contribution in [0.25, 0.3) is 0 Å². The summed E-state index contributed by atoms with van der Waals surface area (Å²) in [6, 6.07) is 0. The molecule has 0 spiro atoms. The van der Waals surface area contributed by atoms with Gasteiger partial charge in [0.2, 0.25) is 0 Å². The predicted molar refractivity (Wildman–Crippen MR) is 55.1 cm³/mol. The average Bonchev–Trinajstić information content (AvgIpc) is 2.82. The summed E-state index contributed by atoms with van der Waals surface area (Å²) in [5.41, 5.74) is -1.18. The second-order valence-electron chi connectivity index (χ2n) is 4.23. The zero-order chi connectivity index (χ0) is 12.5. The number of carboxylic acids is 1. The lowest BCUT2D eigenvalue weighted by atomic mass is 9.88. The number of carboxylic acid groups (broad SMARTS) is 1. The molecule has 8 nitrogen and oxygen atoms in total. The molecule has 1 aromatic rings. The molecule has 0 radical (unpaired) electrons. The molecule has 1 unspecified atom stereocenters. The van der Waals surface area contributed by atoms with E-state index < -0.39 is 17.4 Å². The second kappa shape index (κ2) is 4.11. The van der Waals surface area contributed by atoms with E-state index >= 15 is 0 Å². The Morgan fingerprint density at radius 2 is 2.24 bits per heavy atom. The van der Waals surface area contributed by atoms with Gasteiger partial charge < -0.3 is 10.0 Å². The molecule has 0 aromatic carbocycles. The lowest BCUT2D eigenvalue weighted by Gasteiger charge is -2.40. The number of likely N-dealkylation sites (tertiary alicyclic amines) is 1. The van der Waals surface area contributed by atoms with Crippen LogP contribution in [0.3, 0.4) is 0 Å². The molecule has 92 valence electrons. The number of nitrogens with one attached hydrogen (secondary N) is 1. The van der Waals surface area contributed by atoms with E-state index in [1.165, 1.54) is 4.90 Å². The third-order valence-electron chi connectivity index (χ3n) is 3.13. The summed E-state index contributed by atoms with van der Waals surface area (Å²) < 4.78 is 0. The number of nitrogens with zero attached hydrogens (tertiary/aromatic N) is 4. The minimum atomic E-state index is -1.18. The second-order valence-corrected chi connectivity index (χ2v) is 4.23. The highest BCUT2D eigenvalue weighted by Crippen LogP contribution is 2.29. The molecule has 0 bridgehead atoms. The Bertz CT molecular complexity index is 432. The van der Waals surface area contributed by atoms with Crippen LogP contribution in [-0.2, 0) is 4.79 Å². The Balaban J connectivity index is 2.29. The number of H-pyrrole nitrogens is 1. The molecule has 1 fully saturated rings. The number of carbonyl (C=O) groups excluding carboxylic acids is 1. The van der Waals surface area contributed by atoms with E-state index in [-0.39, 0.29) is 5.82 Å². The molecule has 0 saturated carbocycles. The minimum absolute atomic E-state index is 0.0978. The lowest BCUT2D eigenvalue weighted by molar-refractivity contribution is -0.150. The van der Waals surface area contributed by atoms with Crippen molar-refractivity contribution in [2.24, 2.45) is 0 Å². The summed E-state index contributed by atoms with van der Waals surface area (Å²) in [6.07, 6.45) is 2.01. The van der Waals surface area contributed by atoms with E-state index in [1.54, 1.807) is 6.92 Å². The van der Waals surface area contributed by atoms with Gasteiger partial charge in [0.15, 0.2) is 0 Å². The summed E-state index contributed by atoms with van der Waals surface area (Å²) >= 11 is 0. The molecule has 1 atom stereocenters. The van der Waals surface area contributed by atoms with Crippen molar-refractivity contribution in [3.63, 3.8) is 0 Å². The molecule has 2 rings (SSSR count). The van der Waals surface area contributed by atoms with Crippen LogP contribution in [-0.4, -0.2) is 54.6 Å². The van der Waals surface area contributed by atoms with Gasteiger partial charge in [-0.3, -0.25) is 4.79 Å². The molecule has 17 heavy (non-hydrogen) atoms. The van der Waals surface area contributed by atoms with Crippen molar-refractivity contribution in [1.29, 1.82) is 0 Å². The summed E-state index contributed by atoms with van der Waals surface area (Å²) in [6.45, 7) is 1.95. The van der Waals surface area contributed by atoms with Crippen LogP contribution < -0.4 is 0 Å². The van der Waals surface area contributed by atoms with Crippen LogP contribution in [0.4, 0.5) is 0 Å². The van der Waals surface area contributed by atoms with Crippen molar-refractivity contribution in [2.75, 3.05) is 6.54 Å². The van der Waals surface area contributed by atoms with Gasteiger partial charge >= 0.3 is 5.97 Å². The van der Waals surface area contributed by atoms with Gasteiger partial charge in [-0.15, -0.1) is 10.2 Å². The van der Waals surface area contributed by atoms with Crippen LogP contribution in [0.5, 0.6) is 0 Å². The number of aliphatic carboxylic acids is 1. The van der Waals surface area contributed by atoms with E-state index in [0.717, 1.165) is 12.8 Å². The number of aromatic amines is 1. The monoisotopic (exact) mass is 239 g/mol. The average molecular weight is 239 g/mol. The van der Waals surface area contributed by atoms with Crippen LogP contribution in [0.2, 0.25) is 0 Å². The number of aromatic nitrogens is 4. The fraction of sp³-hybridized carbons (Fsp3) is 0.667. The number of amides is 1. The standard InChI is InChI=1S/C9H13N5O3/c1-9(8(16)17)4-2-3-5-14(9)7(15)6-10-12-13-11-6/h2-5H2,1H3,(H,16,17)(H,10,11,12,13). The number of hydrogen-bond donors (Lipinski definition) is 2. The molecular formula is C9H13N5O3. The van der Waals surface area contributed by atoms with Crippen molar-refractivity contribution in [3.8, 4) is 0 Å². The van der Waals surface area contributed by atoms with Gasteiger partial charge in [-0.1, -0.05) is 0 Å². The van der Waals surface area contributed by atoms with Gasteiger partial charge in [0.25, 0.3) is 11.7 Å². The molecule has 1 aromatic heterocycles. The molecule has 2 heterocycles. The molecular weight excluding hydrogens is 226 g/mol. The first-order valence-corrected chi connectivity index (χ1v) is 5.34. The number of hydrogen-bond acceptors (Lipinski definition) is 5. The molecule has 8 heteroatoms. The molecule has 2 N–H and O–H groups in total. The van der Waals surface area contributed by atoms with Gasteiger partial charge in [-0.2, -0.15) is 5.21 Å². The predicted octanol–water partition coefficient (Wildman–Crippen LogP) is -0.331.